The molecule has 5 nitrogen and oxygen atoms in total. The van der Waals surface area contributed by atoms with Gasteiger partial charge in [0, 0.05) is 19.6 Å². The molecule has 2 heterocycles. The van der Waals surface area contributed by atoms with Crippen LogP contribution in [0, 0.1) is 0 Å². The highest BCUT2D eigenvalue weighted by Crippen LogP contribution is 2.23. The first-order valence-corrected chi connectivity index (χ1v) is 9.87. The molecule has 2 amide bonds. The van der Waals surface area contributed by atoms with Crippen LogP contribution in [0.25, 0.3) is 0 Å². The molecule has 1 unspecified atom stereocenters. The second-order valence-corrected chi connectivity index (χ2v) is 7.65. The zero-order valence-electron chi connectivity index (χ0n) is 15.9. The van der Waals surface area contributed by atoms with Gasteiger partial charge in [-0.1, -0.05) is 26.0 Å². The molecule has 1 aromatic rings. The summed E-state index contributed by atoms with van der Waals surface area (Å²) in [5.41, 5.74) is 1.19. The molecule has 2 saturated heterocycles. The van der Waals surface area contributed by atoms with E-state index in [9.17, 15) is 9.59 Å². The number of amides is 2. The summed E-state index contributed by atoms with van der Waals surface area (Å²) in [5, 5.41) is 0. The lowest BCUT2D eigenvalue weighted by atomic mass is 10.0. The monoisotopic (exact) mass is 358 g/mol. The smallest absolute Gasteiger partial charge is 0.261 e. The minimum absolute atomic E-state index is 0.00860. The molecule has 0 aliphatic carbocycles. The lowest BCUT2D eigenvalue weighted by Crippen LogP contribution is -2.53. The van der Waals surface area contributed by atoms with Crippen molar-refractivity contribution in [3.8, 4) is 5.75 Å². The average molecular weight is 358 g/mol. The number of carbonyl (C=O) groups excluding carboxylic acids is 2. The Morgan fingerprint density at radius 3 is 2.58 bits per heavy atom. The zero-order valence-corrected chi connectivity index (χ0v) is 15.9. The third kappa shape index (κ3) is 4.37. The van der Waals surface area contributed by atoms with Crippen molar-refractivity contribution in [1.29, 1.82) is 0 Å². The minimum Gasteiger partial charge on any atom is -0.484 e. The van der Waals surface area contributed by atoms with E-state index in [1.807, 2.05) is 23.1 Å². The Morgan fingerprint density at radius 2 is 1.85 bits per heavy atom. The molecule has 0 radical (unpaired) electrons. The van der Waals surface area contributed by atoms with E-state index in [0.717, 1.165) is 45.2 Å². The number of benzene rings is 1. The van der Waals surface area contributed by atoms with Gasteiger partial charge in [-0.3, -0.25) is 9.59 Å². The standard InChI is InChI=1S/C21H30N2O3/c1-16(2)17-8-7-9-18(14-17)26-15-20(24)23-13-4-3-10-19(23)21(25)22-11-5-6-12-22/h7-9,14,16,19H,3-6,10-13,15H2,1-2H3. The van der Waals surface area contributed by atoms with Gasteiger partial charge in [0.05, 0.1) is 0 Å². The average Bonchev–Trinajstić information content (AvgIpc) is 3.20. The number of carbonyl (C=O) groups is 2. The maximum absolute atomic E-state index is 12.8. The number of rotatable bonds is 5. The summed E-state index contributed by atoms with van der Waals surface area (Å²) in [6.07, 6.45) is 4.87. The molecule has 3 rings (SSSR count). The summed E-state index contributed by atoms with van der Waals surface area (Å²) in [7, 11) is 0. The van der Waals surface area contributed by atoms with Gasteiger partial charge in [-0.15, -0.1) is 0 Å². The van der Waals surface area contributed by atoms with Gasteiger partial charge in [0.15, 0.2) is 6.61 Å². The van der Waals surface area contributed by atoms with Crippen molar-refractivity contribution in [3.05, 3.63) is 29.8 Å². The van der Waals surface area contributed by atoms with Crippen LogP contribution < -0.4 is 4.74 Å². The number of ether oxygens (including phenoxy) is 1. The molecule has 26 heavy (non-hydrogen) atoms. The predicted molar refractivity (Wildman–Crippen MR) is 101 cm³/mol. The first kappa shape index (κ1) is 18.7. The molecular formula is C21H30N2O3. The fourth-order valence-electron chi connectivity index (χ4n) is 3.83. The highest BCUT2D eigenvalue weighted by molar-refractivity contribution is 5.88. The quantitative estimate of drug-likeness (QED) is 0.812. The molecule has 1 atom stereocenters. The minimum atomic E-state index is -0.306. The van der Waals surface area contributed by atoms with Crippen LogP contribution in [0.5, 0.6) is 5.75 Å². The van der Waals surface area contributed by atoms with Gasteiger partial charge in [-0.05, 0) is 55.7 Å². The second-order valence-electron chi connectivity index (χ2n) is 7.65. The molecule has 0 aromatic heterocycles. The van der Waals surface area contributed by atoms with Gasteiger partial charge in [0.1, 0.15) is 11.8 Å². The van der Waals surface area contributed by atoms with Crippen molar-refractivity contribution in [2.75, 3.05) is 26.2 Å². The number of piperidine rings is 1. The number of likely N-dealkylation sites (tertiary alicyclic amines) is 2. The Hall–Kier alpha value is -2.04. The first-order valence-electron chi connectivity index (χ1n) is 9.87. The molecule has 2 aliphatic rings. The van der Waals surface area contributed by atoms with Gasteiger partial charge in [-0.25, -0.2) is 0 Å². The summed E-state index contributed by atoms with van der Waals surface area (Å²) in [6, 6.07) is 7.58. The summed E-state index contributed by atoms with van der Waals surface area (Å²) >= 11 is 0. The maximum atomic E-state index is 12.8. The summed E-state index contributed by atoms with van der Waals surface area (Å²) < 4.78 is 5.75. The number of nitrogens with zero attached hydrogens (tertiary/aromatic N) is 2. The molecule has 0 spiro atoms. The fourth-order valence-corrected chi connectivity index (χ4v) is 3.83. The van der Waals surface area contributed by atoms with Crippen molar-refractivity contribution < 1.29 is 14.3 Å². The normalized spacial score (nSPS) is 20.5. The van der Waals surface area contributed by atoms with Gasteiger partial charge in [-0.2, -0.15) is 0 Å². The summed E-state index contributed by atoms with van der Waals surface area (Å²) in [4.78, 5) is 29.2. The van der Waals surface area contributed by atoms with Gasteiger partial charge in [0.2, 0.25) is 5.91 Å². The van der Waals surface area contributed by atoms with Crippen LogP contribution in [0.3, 0.4) is 0 Å². The Bertz CT molecular complexity index is 638. The van der Waals surface area contributed by atoms with E-state index in [2.05, 4.69) is 19.9 Å². The molecular weight excluding hydrogens is 328 g/mol. The molecule has 2 fully saturated rings. The maximum Gasteiger partial charge on any atom is 0.261 e. The van der Waals surface area contributed by atoms with E-state index in [-0.39, 0.29) is 24.5 Å². The molecule has 2 aliphatic heterocycles. The van der Waals surface area contributed by atoms with Crippen LogP contribution in [0.15, 0.2) is 24.3 Å². The summed E-state index contributed by atoms with van der Waals surface area (Å²) in [6.45, 7) is 6.56. The summed E-state index contributed by atoms with van der Waals surface area (Å²) in [5.74, 6) is 1.16. The highest BCUT2D eigenvalue weighted by Gasteiger charge is 2.35. The number of hydrogen-bond donors (Lipinski definition) is 0. The Morgan fingerprint density at radius 1 is 1.12 bits per heavy atom. The van der Waals surface area contributed by atoms with Crippen molar-refractivity contribution in [3.63, 3.8) is 0 Å². The van der Waals surface area contributed by atoms with Crippen LogP contribution in [-0.2, 0) is 9.59 Å². The topological polar surface area (TPSA) is 49.9 Å². The molecule has 1 aromatic carbocycles. The van der Waals surface area contributed by atoms with Gasteiger partial charge >= 0.3 is 0 Å². The van der Waals surface area contributed by atoms with Crippen LogP contribution in [0.1, 0.15) is 57.4 Å². The predicted octanol–water partition coefficient (Wildman–Crippen LogP) is 3.19. The van der Waals surface area contributed by atoms with Gasteiger partial charge < -0.3 is 14.5 Å². The molecule has 0 bridgehead atoms. The molecule has 142 valence electrons. The molecule has 0 N–H and O–H groups in total. The molecule has 5 heteroatoms. The van der Waals surface area contributed by atoms with Crippen molar-refractivity contribution >= 4 is 11.8 Å². The van der Waals surface area contributed by atoms with E-state index in [1.54, 1.807) is 4.90 Å². The van der Waals surface area contributed by atoms with Crippen molar-refractivity contribution in [2.45, 2.75) is 57.9 Å². The first-order chi connectivity index (χ1) is 12.6. The van der Waals surface area contributed by atoms with E-state index in [1.165, 1.54) is 5.56 Å². The van der Waals surface area contributed by atoms with E-state index in [4.69, 9.17) is 4.74 Å². The van der Waals surface area contributed by atoms with E-state index in [0.29, 0.717) is 18.2 Å². The molecule has 0 saturated carbocycles. The van der Waals surface area contributed by atoms with Crippen molar-refractivity contribution in [1.82, 2.24) is 9.80 Å². The highest BCUT2D eigenvalue weighted by atomic mass is 16.5. The Labute approximate surface area is 156 Å². The van der Waals surface area contributed by atoms with Crippen LogP contribution >= 0.6 is 0 Å². The Kier molecular flexibility index (Phi) is 6.17. The number of hydrogen-bond acceptors (Lipinski definition) is 3. The SMILES string of the molecule is CC(C)c1cccc(OCC(=O)N2CCCCC2C(=O)N2CCCC2)c1. The van der Waals surface area contributed by atoms with Crippen molar-refractivity contribution in [2.24, 2.45) is 0 Å². The van der Waals surface area contributed by atoms with E-state index < -0.39 is 0 Å². The van der Waals surface area contributed by atoms with Crippen LogP contribution in [0.4, 0.5) is 0 Å². The Balaban J connectivity index is 1.61. The largest absolute Gasteiger partial charge is 0.484 e. The lowest BCUT2D eigenvalue weighted by molar-refractivity contribution is -0.148. The fraction of sp³-hybridized carbons (Fsp3) is 0.619. The third-order valence-electron chi connectivity index (χ3n) is 5.41. The zero-order chi connectivity index (χ0) is 18.5. The van der Waals surface area contributed by atoms with Crippen LogP contribution in [0.2, 0.25) is 0 Å². The van der Waals surface area contributed by atoms with Gasteiger partial charge in [0.25, 0.3) is 5.91 Å². The lowest BCUT2D eigenvalue weighted by Gasteiger charge is -2.36. The van der Waals surface area contributed by atoms with Crippen LogP contribution in [-0.4, -0.2) is 53.9 Å². The third-order valence-corrected chi connectivity index (χ3v) is 5.41. The van der Waals surface area contributed by atoms with E-state index >= 15 is 0 Å². The second kappa shape index (κ2) is 8.56.